The number of piperidine rings is 2. The summed E-state index contributed by atoms with van der Waals surface area (Å²) in [5, 5.41) is 0. The van der Waals surface area contributed by atoms with Crippen LogP contribution in [0.15, 0.2) is 55.0 Å². The van der Waals surface area contributed by atoms with Crippen molar-refractivity contribution in [2.75, 3.05) is 43.4 Å². The number of hydrogen-bond donors (Lipinski definition) is 1. The molecule has 246 valence electrons. The minimum Gasteiger partial charge on any atom is -0.383 e. The quantitative estimate of drug-likeness (QED) is 0.208. The number of hydrogen-bond acceptors (Lipinski definition) is 6. The zero-order valence-corrected chi connectivity index (χ0v) is 26.2. The van der Waals surface area contributed by atoms with Crippen LogP contribution in [0, 0.1) is 11.6 Å². The maximum Gasteiger partial charge on any atom is 0.419 e. The van der Waals surface area contributed by atoms with Crippen molar-refractivity contribution in [3.63, 3.8) is 0 Å². The molecule has 0 atom stereocenters. The maximum absolute atomic E-state index is 14.1. The Morgan fingerprint density at radius 1 is 0.848 bits per heavy atom. The number of halogens is 5. The fraction of sp³-hybridized carbons (Fsp3) is 0.441. The van der Waals surface area contributed by atoms with E-state index in [4.69, 9.17) is 10.7 Å². The van der Waals surface area contributed by atoms with Crippen LogP contribution in [0.1, 0.15) is 63.3 Å². The number of rotatable bonds is 7. The molecule has 0 unspecified atom stereocenters. The molecule has 0 aliphatic carbocycles. The second kappa shape index (κ2) is 14.6. The first kappa shape index (κ1) is 33.3. The Labute approximate surface area is 266 Å². The Kier molecular flexibility index (Phi) is 10.6. The van der Waals surface area contributed by atoms with Gasteiger partial charge >= 0.3 is 6.18 Å². The Morgan fingerprint density at radius 3 is 2.20 bits per heavy atom. The van der Waals surface area contributed by atoms with Crippen molar-refractivity contribution in [3.05, 3.63) is 78.0 Å². The van der Waals surface area contributed by atoms with Crippen LogP contribution in [0.3, 0.4) is 0 Å². The number of nitrogens with two attached hydrogens (primary N) is 1. The summed E-state index contributed by atoms with van der Waals surface area (Å²) in [4.78, 5) is 18.1. The molecule has 2 N–H and O–H groups in total. The van der Waals surface area contributed by atoms with Gasteiger partial charge in [0.05, 0.1) is 16.8 Å². The minimum absolute atomic E-state index is 0.0531. The highest BCUT2D eigenvalue weighted by Crippen LogP contribution is 2.38. The molecule has 0 radical (unpaired) electrons. The molecule has 4 aromatic rings. The van der Waals surface area contributed by atoms with E-state index in [1.807, 2.05) is 13.8 Å². The molecule has 2 saturated heterocycles. The minimum atomic E-state index is -4.80. The summed E-state index contributed by atoms with van der Waals surface area (Å²) in [5.41, 5.74) is 6.95. The van der Waals surface area contributed by atoms with Gasteiger partial charge in [0.25, 0.3) is 0 Å². The van der Waals surface area contributed by atoms with E-state index in [1.165, 1.54) is 30.9 Å². The third-order valence-corrected chi connectivity index (χ3v) is 8.63. The second-order valence-corrected chi connectivity index (χ2v) is 11.5. The lowest BCUT2D eigenvalue weighted by atomic mass is 9.95. The summed E-state index contributed by atoms with van der Waals surface area (Å²) >= 11 is 0. The van der Waals surface area contributed by atoms with E-state index in [1.54, 1.807) is 18.3 Å². The Morgan fingerprint density at radius 2 is 1.52 bits per heavy atom. The van der Waals surface area contributed by atoms with Crippen molar-refractivity contribution < 1.29 is 22.0 Å². The van der Waals surface area contributed by atoms with E-state index in [-0.39, 0.29) is 17.3 Å². The third-order valence-electron chi connectivity index (χ3n) is 8.63. The smallest absolute Gasteiger partial charge is 0.383 e. The van der Waals surface area contributed by atoms with Gasteiger partial charge in [0, 0.05) is 43.9 Å². The van der Waals surface area contributed by atoms with E-state index in [0.29, 0.717) is 42.5 Å². The molecule has 4 heterocycles. The van der Waals surface area contributed by atoms with Crippen molar-refractivity contribution in [2.45, 2.75) is 64.6 Å². The molecule has 0 amide bonds. The molecule has 2 aromatic carbocycles. The molecule has 2 aromatic heterocycles. The SMILES string of the molecule is CC.Nc1ncnc(N2CCC(c3nc(-c4ccc(F)c(C(F)(F)F)c4)cn3CCN3CCCCC3)CC2)c1-c1ccc(F)cc1. The molecule has 2 fully saturated rings. The van der Waals surface area contributed by atoms with Gasteiger partial charge in [0.15, 0.2) is 0 Å². The highest BCUT2D eigenvalue weighted by molar-refractivity contribution is 5.84. The first-order chi connectivity index (χ1) is 22.2. The number of anilines is 2. The van der Waals surface area contributed by atoms with Gasteiger partial charge in [-0.1, -0.05) is 32.4 Å². The highest BCUT2D eigenvalue weighted by atomic mass is 19.4. The number of alkyl halides is 3. The predicted molar refractivity (Wildman–Crippen MR) is 170 cm³/mol. The van der Waals surface area contributed by atoms with E-state index < -0.39 is 17.6 Å². The standard InChI is InChI=1S/C32H34F5N7.C2H6/c33-24-7-4-21(5-8-24)28-29(38)39-20-40-31(28)43-14-10-22(11-15-43)30-41-27(19-44(30)17-16-42-12-2-1-3-13-42)23-6-9-26(34)25(18-23)32(35,36)37;1-2/h4-9,18-20,22H,1-3,10-17H2,(H2,38,39,40);1-2H3. The van der Waals surface area contributed by atoms with Crippen molar-refractivity contribution in [1.82, 2.24) is 24.4 Å². The van der Waals surface area contributed by atoms with Gasteiger partial charge in [-0.05, 0) is 74.7 Å². The third kappa shape index (κ3) is 7.49. The number of likely N-dealkylation sites (tertiary alicyclic amines) is 1. The average molecular weight is 642 g/mol. The van der Waals surface area contributed by atoms with Crippen LogP contribution in [-0.4, -0.2) is 57.1 Å². The Hall–Kier alpha value is -4.06. The predicted octanol–water partition coefficient (Wildman–Crippen LogP) is 7.78. The highest BCUT2D eigenvalue weighted by Gasteiger charge is 2.35. The topological polar surface area (TPSA) is 76.1 Å². The first-order valence-corrected chi connectivity index (χ1v) is 16.0. The van der Waals surface area contributed by atoms with E-state index >= 15 is 0 Å². The number of aromatic nitrogens is 4. The lowest BCUT2D eigenvalue weighted by Gasteiger charge is -2.34. The van der Waals surface area contributed by atoms with Gasteiger partial charge in [0.1, 0.15) is 35.4 Å². The Bertz CT molecular complexity index is 1590. The molecule has 0 saturated carbocycles. The molecule has 2 aliphatic heterocycles. The number of benzene rings is 2. The largest absolute Gasteiger partial charge is 0.419 e. The molecule has 7 nitrogen and oxygen atoms in total. The monoisotopic (exact) mass is 641 g/mol. The second-order valence-electron chi connectivity index (χ2n) is 11.5. The van der Waals surface area contributed by atoms with Crippen LogP contribution in [0.25, 0.3) is 22.4 Å². The molecule has 0 bridgehead atoms. The lowest BCUT2D eigenvalue weighted by molar-refractivity contribution is -0.139. The zero-order valence-electron chi connectivity index (χ0n) is 26.2. The van der Waals surface area contributed by atoms with E-state index in [0.717, 1.165) is 68.8 Å². The summed E-state index contributed by atoms with van der Waals surface area (Å²) < 4.78 is 70.2. The average Bonchev–Trinajstić information content (AvgIpc) is 3.50. The molecule has 46 heavy (non-hydrogen) atoms. The molecule has 2 aliphatic rings. The van der Waals surface area contributed by atoms with Crippen LogP contribution in [-0.2, 0) is 12.7 Å². The van der Waals surface area contributed by atoms with Crippen LogP contribution in [0.2, 0.25) is 0 Å². The van der Waals surface area contributed by atoms with Gasteiger partial charge in [-0.25, -0.2) is 23.7 Å². The van der Waals surface area contributed by atoms with Gasteiger partial charge in [-0.15, -0.1) is 0 Å². The zero-order chi connectivity index (χ0) is 32.8. The molecule has 12 heteroatoms. The van der Waals surface area contributed by atoms with Gasteiger partial charge in [-0.2, -0.15) is 13.2 Å². The molecule has 6 rings (SSSR count). The molecule has 0 spiro atoms. The summed E-state index contributed by atoms with van der Waals surface area (Å²) in [6, 6.07) is 9.10. The van der Waals surface area contributed by atoms with Crippen LogP contribution >= 0.6 is 0 Å². The van der Waals surface area contributed by atoms with Crippen molar-refractivity contribution in [1.29, 1.82) is 0 Å². The fourth-order valence-electron chi connectivity index (χ4n) is 6.28. The van der Waals surface area contributed by atoms with Crippen molar-refractivity contribution >= 4 is 11.6 Å². The normalized spacial score (nSPS) is 16.3. The lowest BCUT2D eigenvalue weighted by Crippen LogP contribution is -2.35. The van der Waals surface area contributed by atoms with Gasteiger partial charge < -0.3 is 20.1 Å². The summed E-state index contributed by atoms with van der Waals surface area (Å²) in [5.74, 6) is 0.190. The first-order valence-electron chi connectivity index (χ1n) is 16.0. The van der Waals surface area contributed by atoms with Crippen LogP contribution in [0.4, 0.5) is 33.6 Å². The van der Waals surface area contributed by atoms with Crippen LogP contribution in [0.5, 0.6) is 0 Å². The van der Waals surface area contributed by atoms with Gasteiger partial charge in [0.2, 0.25) is 0 Å². The van der Waals surface area contributed by atoms with E-state index in [9.17, 15) is 22.0 Å². The summed E-state index contributed by atoms with van der Waals surface area (Å²) in [6.07, 6.45) is 3.41. The number of nitrogens with zero attached hydrogens (tertiary/aromatic N) is 6. The van der Waals surface area contributed by atoms with Crippen molar-refractivity contribution in [2.24, 2.45) is 0 Å². The number of imidazole rings is 1. The fourth-order valence-corrected chi connectivity index (χ4v) is 6.28. The molecular weight excluding hydrogens is 601 g/mol. The summed E-state index contributed by atoms with van der Waals surface area (Å²) in [7, 11) is 0. The van der Waals surface area contributed by atoms with Gasteiger partial charge in [-0.3, -0.25) is 0 Å². The van der Waals surface area contributed by atoms with Crippen LogP contribution < -0.4 is 10.6 Å². The van der Waals surface area contributed by atoms with E-state index in [2.05, 4.69) is 24.3 Å². The molecular formula is C34H40F5N7. The van der Waals surface area contributed by atoms with Crippen molar-refractivity contribution in [3.8, 4) is 22.4 Å². The maximum atomic E-state index is 14.1. The summed E-state index contributed by atoms with van der Waals surface area (Å²) in [6.45, 7) is 8.81. The number of nitrogen functional groups attached to an aromatic ring is 1. The Balaban J connectivity index is 0.00000204.